The molecule has 186 valence electrons. The Morgan fingerprint density at radius 2 is 1.29 bits per heavy atom. The van der Waals surface area contributed by atoms with Crippen molar-refractivity contribution >= 4 is 0 Å². The van der Waals surface area contributed by atoms with Gasteiger partial charge in [-0.3, -0.25) is 0 Å². The summed E-state index contributed by atoms with van der Waals surface area (Å²) in [5.74, 6) is 8.00. The summed E-state index contributed by atoms with van der Waals surface area (Å²) in [6.45, 7) is 4.52. The van der Waals surface area contributed by atoms with Crippen molar-refractivity contribution in [3.05, 3.63) is 70.3 Å². The van der Waals surface area contributed by atoms with Crippen molar-refractivity contribution in [2.24, 2.45) is 5.92 Å². The highest BCUT2D eigenvalue weighted by atomic mass is 14.3. The molecular formula is C34H45N. The molecule has 0 saturated heterocycles. The highest BCUT2D eigenvalue weighted by Gasteiger charge is 2.21. The molecule has 2 aromatic carbocycles. The van der Waals surface area contributed by atoms with E-state index in [9.17, 15) is 5.26 Å². The molecule has 0 N–H and O–H groups in total. The molecule has 3 rings (SSSR count). The highest BCUT2D eigenvalue weighted by molar-refractivity contribution is 5.50. The number of nitrogens with zero attached hydrogens (tertiary/aromatic N) is 1. The van der Waals surface area contributed by atoms with Crippen LogP contribution in [0.1, 0.15) is 131 Å². The molecule has 2 aromatic rings. The van der Waals surface area contributed by atoms with Crippen LogP contribution >= 0.6 is 0 Å². The minimum absolute atomic E-state index is 0.453. The third kappa shape index (κ3) is 9.22. The lowest BCUT2D eigenvalue weighted by molar-refractivity contribution is 0.384. The third-order valence-corrected chi connectivity index (χ3v) is 7.68. The molecule has 35 heavy (non-hydrogen) atoms. The maximum atomic E-state index is 9.66. The van der Waals surface area contributed by atoms with Crippen molar-refractivity contribution < 1.29 is 0 Å². The van der Waals surface area contributed by atoms with Gasteiger partial charge in [0.2, 0.25) is 0 Å². The summed E-state index contributed by atoms with van der Waals surface area (Å²) in [5.41, 5.74) is 5.91. The Morgan fingerprint density at radius 1 is 0.686 bits per heavy atom. The van der Waals surface area contributed by atoms with Crippen molar-refractivity contribution in [3.8, 4) is 17.9 Å². The van der Waals surface area contributed by atoms with E-state index in [1.165, 1.54) is 93.7 Å². The van der Waals surface area contributed by atoms with Crippen molar-refractivity contribution in [2.75, 3.05) is 0 Å². The number of hydrogen-bond donors (Lipinski definition) is 0. The maximum Gasteiger partial charge on any atom is 0.100 e. The fourth-order valence-corrected chi connectivity index (χ4v) is 5.34. The van der Waals surface area contributed by atoms with Crippen LogP contribution in [0.25, 0.3) is 0 Å². The zero-order chi connectivity index (χ0) is 24.7. The van der Waals surface area contributed by atoms with Gasteiger partial charge in [-0.05, 0) is 86.1 Å². The summed E-state index contributed by atoms with van der Waals surface area (Å²) in [4.78, 5) is 0. The predicted molar refractivity (Wildman–Crippen MR) is 149 cm³/mol. The molecule has 0 atom stereocenters. The molecule has 1 heteroatoms. The van der Waals surface area contributed by atoms with E-state index in [2.05, 4.69) is 74.2 Å². The van der Waals surface area contributed by atoms with Crippen LogP contribution in [0.15, 0.2) is 42.5 Å². The topological polar surface area (TPSA) is 23.8 Å². The SMILES string of the molecule is CCCCCCCc1ccc(C#C[C@H]2CC[C@H](c3ccc(CCCCCC)cc3)CC2)c(C#N)c1. The molecule has 0 aromatic heterocycles. The van der Waals surface area contributed by atoms with E-state index in [1.54, 1.807) is 0 Å². The Balaban J connectivity index is 1.47. The van der Waals surface area contributed by atoms with Crippen molar-refractivity contribution in [2.45, 2.75) is 116 Å². The van der Waals surface area contributed by atoms with E-state index in [1.807, 2.05) is 0 Å². The number of unbranched alkanes of at least 4 members (excludes halogenated alkanes) is 7. The summed E-state index contributed by atoms with van der Waals surface area (Å²) >= 11 is 0. The summed E-state index contributed by atoms with van der Waals surface area (Å²) in [6, 6.07) is 18.1. The minimum Gasteiger partial charge on any atom is -0.192 e. The summed E-state index contributed by atoms with van der Waals surface area (Å²) in [5, 5.41) is 9.66. The Kier molecular flexibility index (Phi) is 12.0. The standard InChI is InChI=1S/C34H45N/c1-3-5-7-9-11-13-30-19-25-33(34(26-30)27-35)24-18-29-16-22-32(23-17-29)31-20-14-28(15-21-31)12-10-8-6-4-2/h14-15,19-21,25-26,29,32H,3-13,16-17,22-23H2,1-2H3/t29-,32-. The van der Waals surface area contributed by atoms with Crippen LogP contribution in [0.4, 0.5) is 0 Å². The Bertz CT molecular complexity index is 974. The summed E-state index contributed by atoms with van der Waals surface area (Å²) in [6.07, 6.45) is 18.8. The van der Waals surface area contributed by atoms with Crippen molar-refractivity contribution in [1.29, 1.82) is 5.26 Å². The van der Waals surface area contributed by atoms with Crippen molar-refractivity contribution in [1.82, 2.24) is 0 Å². The summed E-state index contributed by atoms with van der Waals surface area (Å²) < 4.78 is 0. The number of nitriles is 1. The third-order valence-electron chi connectivity index (χ3n) is 7.68. The highest BCUT2D eigenvalue weighted by Crippen LogP contribution is 2.35. The van der Waals surface area contributed by atoms with Crippen LogP contribution in [-0.4, -0.2) is 0 Å². The minimum atomic E-state index is 0.453. The second-order valence-electron chi connectivity index (χ2n) is 10.5. The van der Waals surface area contributed by atoms with E-state index in [-0.39, 0.29) is 0 Å². The van der Waals surface area contributed by atoms with Crippen LogP contribution < -0.4 is 0 Å². The lowest BCUT2D eigenvalue weighted by atomic mass is 9.78. The molecule has 0 heterocycles. The fourth-order valence-electron chi connectivity index (χ4n) is 5.34. The first-order chi connectivity index (χ1) is 17.2. The molecule has 1 aliphatic carbocycles. The lowest BCUT2D eigenvalue weighted by Crippen LogP contribution is -2.12. The Morgan fingerprint density at radius 3 is 1.94 bits per heavy atom. The van der Waals surface area contributed by atoms with Crippen molar-refractivity contribution in [3.63, 3.8) is 0 Å². The number of hydrogen-bond acceptors (Lipinski definition) is 1. The first-order valence-corrected chi connectivity index (χ1v) is 14.4. The van der Waals surface area contributed by atoms with E-state index in [0.717, 1.165) is 30.4 Å². The zero-order valence-electron chi connectivity index (χ0n) is 22.2. The molecule has 0 aliphatic heterocycles. The largest absolute Gasteiger partial charge is 0.192 e. The van der Waals surface area contributed by atoms with Gasteiger partial charge in [-0.15, -0.1) is 0 Å². The van der Waals surface area contributed by atoms with E-state index >= 15 is 0 Å². The maximum absolute atomic E-state index is 9.66. The van der Waals surface area contributed by atoms with Gasteiger partial charge in [0.15, 0.2) is 0 Å². The fraction of sp³-hybridized carbons (Fsp3) is 0.559. The molecule has 0 amide bonds. The monoisotopic (exact) mass is 467 g/mol. The van der Waals surface area contributed by atoms with Gasteiger partial charge in [0.05, 0.1) is 5.56 Å². The van der Waals surface area contributed by atoms with Gasteiger partial charge in [0.25, 0.3) is 0 Å². The first kappa shape index (κ1) is 27.1. The Labute approximate surface area is 215 Å². The molecule has 1 fully saturated rings. The van der Waals surface area contributed by atoms with Gasteiger partial charge < -0.3 is 0 Å². The van der Waals surface area contributed by atoms with Gasteiger partial charge in [-0.2, -0.15) is 5.26 Å². The molecule has 0 radical (unpaired) electrons. The molecule has 1 saturated carbocycles. The van der Waals surface area contributed by atoms with Gasteiger partial charge in [-0.25, -0.2) is 0 Å². The lowest BCUT2D eigenvalue weighted by Gasteiger charge is -2.26. The average molecular weight is 468 g/mol. The second kappa shape index (κ2) is 15.5. The number of rotatable bonds is 12. The van der Waals surface area contributed by atoms with E-state index in [0.29, 0.717) is 11.8 Å². The smallest absolute Gasteiger partial charge is 0.100 e. The van der Waals surface area contributed by atoms with E-state index < -0.39 is 0 Å². The quantitative estimate of drug-likeness (QED) is 0.225. The zero-order valence-corrected chi connectivity index (χ0v) is 22.2. The number of aryl methyl sites for hydroxylation is 2. The normalized spacial score (nSPS) is 17.4. The molecule has 1 aliphatic rings. The molecule has 0 bridgehead atoms. The van der Waals surface area contributed by atoms with Gasteiger partial charge >= 0.3 is 0 Å². The molecule has 1 nitrogen and oxygen atoms in total. The van der Waals surface area contributed by atoms with Gasteiger partial charge in [-0.1, -0.05) is 101 Å². The van der Waals surface area contributed by atoms with E-state index in [4.69, 9.17) is 0 Å². The molecule has 0 spiro atoms. The van der Waals surface area contributed by atoms with Crippen LogP contribution in [-0.2, 0) is 12.8 Å². The number of benzene rings is 2. The summed E-state index contributed by atoms with van der Waals surface area (Å²) in [7, 11) is 0. The first-order valence-electron chi connectivity index (χ1n) is 14.4. The Hall–Kier alpha value is -2.51. The van der Waals surface area contributed by atoms with Crippen LogP contribution in [0, 0.1) is 29.1 Å². The molecular weight excluding hydrogens is 422 g/mol. The van der Waals surface area contributed by atoms with Crippen LogP contribution in [0.3, 0.4) is 0 Å². The van der Waals surface area contributed by atoms with Gasteiger partial charge in [0.1, 0.15) is 6.07 Å². The predicted octanol–water partition coefficient (Wildman–Crippen LogP) is 9.52. The van der Waals surface area contributed by atoms with Crippen LogP contribution in [0.5, 0.6) is 0 Å². The molecule has 0 unspecified atom stereocenters. The van der Waals surface area contributed by atoms with Gasteiger partial charge in [0, 0.05) is 11.5 Å². The van der Waals surface area contributed by atoms with Crippen LogP contribution in [0.2, 0.25) is 0 Å². The average Bonchev–Trinajstić information content (AvgIpc) is 2.91. The second-order valence-corrected chi connectivity index (χ2v) is 10.5.